The highest BCUT2D eigenvalue weighted by Gasteiger charge is 2.08. The third kappa shape index (κ3) is 3.31. The third-order valence-electron chi connectivity index (χ3n) is 2.21. The lowest BCUT2D eigenvalue weighted by molar-refractivity contribution is 0.102. The summed E-state index contributed by atoms with van der Waals surface area (Å²) in [5.74, 6) is -0.746. The molecule has 0 unspecified atom stereocenters. The number of hydrogen-bond donors (Lipinski definition) is 1. The molecule has 2 aromatic carbocycles. The minimum Gasteiger partial charge on any atom is -0.322 e. The van der Waals surface area contributed by atoms with Crippen molar-refractivity contribution in [3.8, 4) is 0 Å². The summed E-state index contributed by atoms with van der Waals surface area (Å²) in [6, 6.07) is 10.6. The van der Waals surface area contributed by atoms with Crippen molar-refractivity contribution in [3.63, 3.8) is 0 Å². The zero-order valence-corrected chi connectivity index (χ0v) is 11.4. The Morgan fingerprint density at radius 3 is 2.67 bits per heavy atom. The van der Waals surface area contributed by atoms with Gasteiger partial charge in [0.1, 0.15) is 5.82 Å². The molecule has 2 rings (SSSR count). The molecule has 2 aromatic rings. The minimum atomic E-state index is -0.403. The van der Waals surface area contributed by atoms with Crippen LogP contribution in [0.4, 0.5) is 10.1 Å². The summed E-state index contributed by atoms with van der Waals surface area (Å²) in [6.45, 7) is 0. The largest absolute Gasteiger partial charge is 0.322 e. The first-order chi connectivity index (χ1) is 8.54. The second-order valence-electron chi connectivity index (χ2n) is 3.62. The van der Waals surface area contributed by atoms with Gasteiger partial charge in [0.05, 0.1) is 0 Å². The lowest BCUT2D eigenvalue weighted by Gasteiger charge is -2.06. The number of carbonyl (C=O) groups is 1. The van der Waals surface area contributed by atoms with E-state index in [1.807, 2.05) is 0 Å². The zero-order chi connectivity index (χ0) is 13.1. The zero-order valence-electron chi connectivity index (χ0n) is 9.08. The topological polar surface area (TPSA) is 29.1 Å². The Morgan fingerprint density at radius 2 is 2.00 bits per heavy atom. The molecule has 0 saturated carbocycles. The van der Waals surface area contributed by atoms with E-state index < -0.39 is 5.82 Å². The molecule has 2 nitrogen and oxygen atoms in total. The molecule has 0 radical (unpaired) electrons. The highest BCUT2D eigenvalue weighted by atomic mass is 79.9. The van der Waals surface area contributed by atoms with Crippen LogP contribution in [0.15, 0.2) is 46.9 Å². The van der Waals surface area contributed by atoms with E-state index in [4.69, 9.17) is 11.6 Å². The summed E-state index contributed by atoms with van der Waals surface area (Å²) in [6.07, 6.45) is 0. The minimum absolute atomic E-state index is 0.344. The molecule has 5 heteroatoms. The molecule has 18 heavy (non-hydrogen) atoms. The highest BCUT2D eigenvalue weighted by Crippen LogP contribution is 2.20. The van der Waals surface area contributed by atoms with Gasteiger partial charge < -0.3 is 5.32 Å². The van der Waals surface area contributed by atoms with Crippen LogP contribution in [0.25, 0.3) is 0 Å². The Bertz CT molecular complexity index is 583. The van der Waals surface area contributed by atoms with Gasteiger partial charge in [-0.3, -0.25) is 4.79 Å². The van der Waals surface area contributed by atoms with E-state index in [1.54, 1.807) is 24.3 Å². The Labute approximate surface area is 117 Å². The van der Waals surface area contributed by atoms with Gasteiger partial charge in [-0.25, -0.2) is 4.39 Å². The molecular formula is C13H8BrClFNO. The second-order valence-corrected chi connectivity index (χ2v) is 4.97. The van der Waals surface area contributed by atoms with Crippen LogP contribution in [-0.2, 0) is 0 Å². The molecule has 0 bridgehead atoms. The van der Waals surface area contributed by atoms with Crippen molar-refractivity contribution in [2.75, 3.05) is 5.32 Å². The number of rotatable bonds is 2. The first-order valence-electron chi connectivity index (χ1n) is 5.07. The van der Waals surface area contributed by atoms with Gasteiger partial charge in [0.2, 0.25) is 0 Å². The fraction of sp³-hybridized carbons (Fsp3) is 0. The molecule has 0 fully saturated rings. The molecule has 0 aliphatic rings. The van der Waals surface area contributed by atoms with Gasteiger partial charge >= 0.3 is 0 Å². The van der Waals surface area contributed by atoms with Gasteiger partial charge in [-0.2, -0.15) is 0 Å². The summed E-state index contributed by atoms with van der Waals surface area (Å²) >= 11 is 9.11. The Kier molecular flexibility index (Phi) is 3.99. The smallest absolute Gasteiger partial charge is 0.255 e. The molecule has 0 spiro atoms. The Hall–Kier alpha value is -1.39. The van der Waals surface area contributed by atoms with Gasteiger partial charge in [0, 0.05) is 20.7 Å². The number of halogens is 3. The highest BCUT2D eigenvalue weighted by molar-refractivity contribution is 9.10. The van der Waals surface area contributed by atoms with Crippen LogP contribution in [0.2, 0.25) is 5.02 Å². The van der Waals surface area contributed by atoms with Crippen LogP contribution in [0.5, 0.6) is 0 Å². The summed E-state index contributed by atoms with van der Waals surface area (Å²) < 4.78 is 13.7. The number of nitrogens with one attached hydrogen (secondary N) is 1. The fourth-order valence-electron chi connectivity index (χ4n) is 1.45. The predicted octanol–water partition coefficient (Wildman–Crippen LogP) is 4.49. The molecule has 92 valence electrons. The van der Waals surface area contributed by atoms with E-state index in [2.05, 4.69) is 21.2 Å². The summed E-state index contributed by atoms with van der Waals surface area (Å²) in [7, 11) is 0. The molecule has 1 amide bonds. The van der Waals surface area contributed by atoms with Crippen LogP contribution < -0.4 is 5.32 Å². The average molecular weight is 329 g/mol. The number of amides is 1. The first kappa shape index (κ1) is 13.1. The van der Waals surface area contributed by atoms with E-state index in [9.17, 15) is 9.18 Å². The van der Waals surface area contributed by atoms with Crippen LogP contribution in [-0.4, -0.2) is 5.91 Å². The van der Waals surface area contributed by atoms with Crippen molar-refractivity contribution in [3.05, 3.63) is 63.3 Å². The summed E-state index contributed by atoms with van der Waals surface area (Å²) in [5.41, 5.74) is 0.801. The molecule has 0 heterocycles. The summed E-state index contributed by atoms with van der Waals surface area (Å²) in [4.78, 5) is 11.9. The molecule has 0 atom stereocenters. The van der Waals surface area contributed by atoms with E-state index in [-0.39, 0.29) is 5.91 Å². The van der Waals surface area contributed by atoms with Crippen molar-refractivity contribution < 1.29 is 9.18 Å². The predicted molar refractivity (Wildman–Crippen MR) is 73.5 cm³/mol. The van der Waals surface area contributed by atoms with Crippen molar-refractivity contribution >= 4 is 39.1 Å². The SMILES string of the molecule is O=C(Nc1cccc(F)c1)c1cc(Cl)cc(Br)c1. The first-order valence-corrected chi connectivity index (χ1v) is 6.25. The van der Waals surface area contributed by atoms with Crippen LogP contribution in [0.1, 0.15) is 10.4 Å². The van der Waals surface area contributed by atoms with E-state index >= 15 is 0 Å². The van der Waals surface area contributed by atoms with Gasteiger partial charge in [0.15, 0.2) is 0 Å². The lowest BCUT2D eigenvalue weighted by atomic mass is 10.2. The van der Waals surface area contributed by atoms with E-state index in [0.29, 0.717) is 20.7 Å². The van der Waals surface area contributed by atoms with Crippen LogP contribution >= 0.6 is 27.5 Å². The fourth-order valence-corrected chi connectivity index (χ4v) is 2.31. The molecule has 0 saturated heterocycles. The Morgan fingerprint density at radius 1 is 1.22 bits per heavy atom. The molecule has 0 aliphatic carbocycles. The normalized spacial score (nSPS) is 10.2. The molecule has 1 N–H and O–H groups in total. The van der Waals surface area contributed by atoms with E-state index in [0.717, 1.165) is 0 Å². The van der Waals surface area contributed by atoms with Crippen LogP contribution in [0, 0.1) is 5.82 Å². The van der Waals surface area contributed by atoms with Crippen LogP contribution in [0.3, 0.4) is 0 Å². The van der Waals surface area contributed by atoms with Crippen molar-refractivity contribution in [2.45, 2.75) is 0 Å². The number of carbonyl (C=O) groups excluding carboxylic acids is 1. The van der Waals surface area contributed by atoms with Gasteiger partial charge in [-0.15, -0.1) is 0 Å². The van der Waals surface area contributed by atoms with Gasteiger partial charge in [-0.1, -0.05) is 33.6 Å². The number of benzene rings is 2. The maximum Gasteiger partial charge on any atom is 0.255 e. The molecular weight excluding hydrogens is 321 g/mol. The Balaban J connectivity index is 2.22. The standard InChI is InChI=1S/C13H8BrClFNO/c14-9-4-8(5-10(15)6-9)13(18)17-12-3-1-2-11(16)7-12/h1-7H,(H,17,18). The lowest BCUT2D eigenvalue weighted by Crippen LogP contribution is -2.11. The van der Waals surface area contributed by atoms with Crippen molar-refractivity contribution in [2.24, 2.45) is 0 Å². The molecule has 0 aliphatic heterocycles. The quantitative estimate of drug-likeness (QED) is 0.864. The summed E-state index contributed by atoms with van der Waals surface area (Å²) in [5, 5.41) is 3.05. The monoisotopic (exact) mass is 327 g/mol. The van der Waals surface area contributed by atoms with E-state index in [1.165, 1.54) is 18.2 Å². The maximum absolute atomic E-state index is 13.0. The van der Waals surface area contributed by atoms with Crippen molar-refractivity contribution in [1.29, 1.82) is 0 Å². The number of hydrogen-bond acceptors (Lipinski definition) is 1. The average Bonchev–Trinajstić information content (AvgIpc) is 2.27. The maximum atomic E-state index is 13.0. The molecule has 0 aromatic heterocycles. The van der Waals surface area contributed by atoms with Crippen molar-refractivity contribution in [1.82, 2.24) is 0 Å². The third-order valence-corrected chi connectivity index (χ3v) is 2.88. The van der Waals surface area contributed by atoms with Gasteiger partial charge in [0.25, 0.3) is 5.91 Å². The van der Waals surface area contributed by atoms with Gasteiger partial charge in [-0.05, 0) is 36.4 Å². The second kappa shape index (κ2) is 5.50. The number of anilines is 1.